The number of hydrogen-bond donors (Lipinski definition) is 2. The molecule has 0 saturated heterocycles. The predicted octanol–water partition coefficient (Wildman–Crippen LogP) is 3.24. The van der Waals surface area contributed by atoms with E-state index in [9.17, 15) is 18.4 Å². The molecule has 0 bridgehead atoms. The summed E-state index contributed by atoms with van der Waals surface area (Å²) in [7, 11) is 0. The highest BCUT2D eigenvalue weighted by molar-refractivity contribution is 6.08. The minimum atomic E-state index is -0.896. The topological polar surface area (TPSA) is 58.2 Å². The fourth-order valence-corrected chi connectivity index (χ4v) is 1.79. The normalized spacial score (nSPS) is 10.1. The summed E-state index contributed by atoms with van der Waals surface area (Å²) in [6.07, 6.45) is -0.540. The van der Waals surface area contributed by atoms with Gasteiger partial charge in [0.25, 0.3) is 0 Å². The molecule has 2 rings (SSSR count). The van der Waals surface area contributed by atoms with Gasteiger partial charge in [-0.3, -0.25) is 9.59 Å². The molecule has 2 N–H and O–H groups in total. The van der Waals surface area contributed by atoms with Crippen molar-refractivity contribution in [3.63, 3.8) is 0 Å². The zero-order valence-corrected chi connectivity index (χ0v) is 11.8. The molecule has 114 valence electrons. The van der Waals surface area contributed by atoms with Gasteiger partial charge in [-0.1, -0.05) is 23.8 Å². The third-order valence-corrected chi connectivity index (χ3v) is 2.88. The SMILES string of the molecule is Cc1ccc(NC(=O)CC(=O)Nc2c(F)cccc2F)cc1. The maximum atomic E-state index is 13.4. The Bertz CT molecular complexity index is 680. The summed E-state index contributed by atoms with van der Waals surface area (Å²) in [5.74, 6) is -3.16. The predicted molar refractivity (Wildman–Crippen MR) is 79.4 cm³/mol. The van der Waals surface area contributed by atoms with Crippen LogP contribution in [0.2, 0.25) is 0 Å². The van der Waals surface area contributed by atoms with Crippen LogP contribution >= 0.6 is 0 Å². The molecule has 0 aliphatic rings. The third kappa shape index (κ3) is 4.12. The van der Waals surface area contributed by atoms with Gasteiger partial charge >= 0.3 is 0 Å². The number of nitrogens with one attached hydrogen (secondary N) is 2. The zero-order chi connectivity index (χ0) is 16.1. The van der Waals surface area contributed by atoms with Gasteiger partial charge < -0.3 is 10.6 Å². The number of aryl methyl sites for hydroxylation is 1. The van der Waals surface area contributed by atoms with Crippen LogP contribution in [0.1, 0.15) is 12.0 Å². The molecular weight excluding hydrogens is 290 g/mol. The van der Waals surface area contributed by atoms with Crippen LogP contribution in [0.4, 0.5) is 20.2 Å². The largest absolute Gasteiger partial charge is 0.326 e. The lowest BCUT2D eigenvalue weighted by molar-refractivity contribution is -0.123. The molecule has 0 heterocycles. The number of para-hydroxylation sites is 1. The van der Waals surface area contributed by atoms with E-state index in [0.717, 1.165) is 17.7 Å². The van der Waals surface area contributed by atoms with Gasteiger partial charge in [0.2, 0.25) is 11.8 Å². The molecule has 2 amide bonds. The van der Waals surface area contributed by atoms with E-state index >= 15 is 0 Å². The molecule has 0 atom stereocenters. The van der Waals surface area contributed by atoms with E-state index in [1.807, 2.05) is 19.1 Å². The fraction of sp³-hybridized carbons (Fsp3) is 0.125. The highest BCUT2D eigenvalue weighted by Crippen LogP contribution is 2.18. The zero-order valence-electron chi connectivity index (χ0n) is 11.8. The van der Waals surface area contributed by atoms with Crippen molar-refractivity contribution in [1.29, 1.82) is 0 Å². The first-order chi connectivity index (χ1) is 10.5. The molecular formula is C16H14F2N2O2. The Morgan fingerprint density at radius 1 is 0.909 bits per heavy atom. The number of carbonyl (C=O) groups excluding carboxylic acids is 2. The van der Waals surface area contributed by atoms with Gasteiger partial charge in [-0.05, 0) is 31.2 Å². The number of anilines is 2. The van der Waals surface area contributed by atoms with Crippen LogP contribution in [-0.2, 0) is 9.59 Å². The van der Waals surface area contributed by atoms with Crippen LogP contribution in [0.5, 0.6) is 0 Å². The average molecular weight is 304 g/mol. The Morgan fingerprint density at radius 3 is 2.05 bits per heavy atom. The smallest absolute Gasteiger partial charge is 0.233 e. The first-order valence-electron chi connectivity index (χ1n) is 6.56. The maximum Gasteiger partial charge on any atom is 0.233 e. The van der Waals surface area contributed by atoms with E-state index in [-0.39, 0.29) is 0 Å². The van der Waals surface area contributed by atoms with Crippen molar-refractivity contribution < 1.29 is 18.4 Å². The molecule has 2 aromatic rings. The fourth-order valence-electron chi connectivity index (χ4n) is 1.79. The summed E-state index contributed by atoms with van der Waals surface area (Å²) in [6.45, 7) is 1.90. The van der Waals surface area contributed by atoms with Crippen molar-refractivity contribution in [3.8, 4) is 0 Å². The van der Waals surface area contributed by atoms with Crippen molar-refractivity contribution in [2.75, 3.05) is 10.6 Å². The van der Waals surface area contributed by atoms with E-state index in [0.29, 0.717) is 5.69 Å². The molecule has 0 aliphatic heterocycles. The lowest BCUT2D eigenvalue weighted by Gasteiger charge is -2.08. The van der Waals surface area contributed by atoms with Gasteiger partial charge in [0.15, 0.2) is 0 Å². The van der Waals surface area contributed by atoms with Gasteiger partial charge in [-0.2, -0.15) is 0 Å². The second-order valence-electron chi connectivity index (χ2n) is 4.74. The van der Waals surface area contributed by atoms with E-state index in [1.165, 1.54) is 6.07 Å². The molecule has 4 nitrogen and oxygen atoms in total. The third-order valence-electron chi connectivity index (χ3n) is 2.88. The van der Waals surface area contributed by atoms with Crippen molar-refractivity contribution in [2.24, 2.45) is 0 Å². The van der Waals surface area contributed by atoms with Crippen molar-refractivity contribution >= 4 is 23.2 Å². The summed E-state index contributed by atoms with van der Waals surface area (Å²) in [4.78, 5) is 23.4. The van der Waals surface area contributed by atoms with Gasteiger partial charge in [0.05, 0.1) is 0 Å². The molecule has 0 aromatic heterocycles. The first kappa shape index (κ1) is 15.6. The van der Waals surface area contributed by atoms with Crippen LogP contribution in [-0.4, -0.2) is 11.8 Å². The lowest BCUT2D eigenvalue weighted by atomic mass is 10.2. The molecule has 0 fully saturated rings. The first-order valence-corrected chi connectivity index (χ1v) is 6.56. The summed E-state index contributed by atoms with van der Waals surface area (Å²) in [5.41, 5.74) is 1.02. The van der Waals surface area contributed by atoms with E-state index in [4.69, 9.17) is 0 Å². The van der Waals surface area contributed by atoms with E-state index in [2.05, 4.69) is 10.6 Å². The Hall–Kier alpha value is -2.76. The molecule has 0 unspecified atom stereocenters. The minimum Gasteiger partial charge on any atom is -0.326 e. The molecule has 2 aromatic carbocycles. The molecule has 0 spiro atoms. The monoisotopic (exact) mass is 304 g/mol. The number of rotatable bonds is 4. The molecule has 6 heteroatoms. The Morgan fingerprint density at radius 2 is 1.45 bits per heavy atom. The lowest BCUT2D eigenvalue weighted by Crippen LogP contribution is -2.22. The summed E-state index contributed by atoms with van der Waals surface area (Å²) < 4.78 is 26.8. The second-order valence-corrected chi connectivity index (χ2v) is 4.74. The number of benzene rings is 2. The summed E-state index contributed by atoms with van der Waals surface area (Å²) in [6, 6.07) is 10.2. The molecule has 22 heavy (non-hydrogen) atoms. The highest BCUT2D eigenvalue weighted by atomic mass is 19.1. The van der Waals surface area contributed by atoms with Crippen LogP contribution < -0.4 is 10.6 Å². The molecule has 0 aliphatic carbocycles. The second kappa shape index (κ2) is 6.80. The van der Waals surface area contributed by atoms with Crippen molar-refractivity contribution in [2.45, 2.75) is 13.3 Å². The van der Waals surface area contributed by atoms with Gasteiger partial charge in [-0.25, -0.2) is 8.78 Å². The van der Waals surface area contributed by atoms with Crippen molar-refractivity contribution in [1.82, 2.24) is 0 Å². The van der Waals surface area contributed by atoms with Crippen molar-refractivity contribution in [3.05, 3.63) is 59.7 Å². The Labute approximate surface area is 126 Å². The van der Waals surface area contributed by atoms with Crippen LogP contribution in [0, 0.1) is 18.6 Å². The average Bonchev–Trinajstić information content (AvgIpc) is 2.45. The van der Waals surface area contributed by atoms with E-state index < -0.39 is 35.6 Å². The molecule has 0 saturated carbocycles. The highest BCUT2D eigenvalue weighted by Gasteiger charge is 2.14. The van der Waals surface area contributed by atoms with Crippen LogP contribution in [0.25, 0.3) is 0 Å². The maximum absolute atomic E-state index is 13.4. The quantitative estimate of drug-likeness (QED) is 0.852. The van der Waals surface area contributed by atoms with Gasteiger partial charge in [-0.15, -0.1) is 0 Å². The number of amides is 2. The standard InChI is InChI=1S/C16H14F2N2O2/c1-10-5-7-11(8-6-10)19-14(21)9-15(22)20-16-12(17)3-2-4-13(16)18/h2-8H,9H2,1H3,(H,19,21)(H,20,22). The minimum absolute atomic E-state index is 0.540. The summed E-state index contributed by atoms with van der Waals surface area (Å²) >= 11 is 0. The molecule has 0 radical (unpaired) electrons. The number of halogens is 2. The number of carbonyl (C=O) groups is 2. The van der Waals surface area contributed by atoms with E-state index in [1.54, 1.807) is 12.1 Å². The van der Waals surface area contributed by atoms with Crippen LogP contribution in [0.3, 0.4) is 0 Å². The Balaban J connectivity index is 1.94. The van der Waals surface area contributed by atoms with Gasteiger partial charge in [0, 0.05) is 5.69 Å². The van der Waals surface area contributed by atoms with Crippen LogP contribution in [0.15, 0.2) is 42.5 Å². The summed E-state index contributed by atoms with van der Waals surface area (Å²) in [5, 5.41) is 4.58. The number of hydrogen-bond acceptors (Lipinski definition) is 2. The van der Waals surface area contributed by atoms with Gasteiger partial charge in [0.1, 0.15) is 23.7 Å². The Kier molecular flexibility index (Phi) is 4.83.